The quantitative estimate of drug-likeness (QED) is 0.438. The largest absolute Gasteiger partial charge is 1.00 e. The van der Waals surface area contributed by atoms with Crippen molar-refractivity contribution in [2.24, 2.45) is 0 Å². The van der Waals surface area contributed by atoms with Crippen LogP contribution in [0.4, 0.5) is 0 Å². The Labute approximate surface area is 110 Å². The molecule has 1 rings (SSSR count). The minimum atomic E-state index is -4.85. The summed E-state index contributed by atoms with van der Waals surface area (Å²) in [6.07, 6.45) is 0. The number of carbonyl (C=O) groups is 1. The molecule has 0 bridgehead atoms. The Balaban J connectivity index is 0. The van der Waals surface area contributed by atoms with E-state index in [2.05, 4.69) is 4.18 Å². The van der Waals surface area contributed by atoms with Crippen molar-refractivity contribution in [3.63, 3.8) is 0 Å². The van der Waals surface area contributed by atoms with E-state index in [0.29, 0.717) is 0 Å². The van der Waals surface area contributed by atoms with Gasteiger partial charge in [0.25, 0.3) is 0 Å². The Hall–Kier alpha value is -0.600. The second-order valence-electron chi connectivity index (χ2n) is 2.32. The van der Waals surface area contributed by atoms with Crippen molar-refractivity contribution >= 4 is 16.4 Å². The number of benzene rings is 1. The molecule has 1 aromatic carbocycles. The van der Waals surface area contributed by atoms with E-state index in [-0.39, 0.29) is 36.5 Å². The van der Waals surface area contributed by atoms with Gasteiger partial charge in [0.15, 0.2) is 0 Å². The second kappa shape index (κ2) is 5.47. The van der Waals surface area contributed by atoms with Gasteiger partial charge in [0, 0.05) is 0 Å². The van der Waals surface area contributed by atoms with Gasteiger partial charge in [0.05, 0.1) is 0 Å². The van der Waals surface area contributed by atoms with E-state index in [1.807, 2.05) is 0 Å². The molecular weight excluding hydrogens is 235 g/mol. The van der Waals surface area contributed by atoms with Crippen LogP contribution in [0.15, 0.2) is 24.3 Å². The van der Waals surface area contributed by atoms with Crippen LogP contribution in [0.3, 0.4) is 0 Å². The molecule has 0 heterocycles. The summed E-state index contributed by atoms with van der Waals surface area (Å²) in [5.41, 5.74) is -0.342. The maximum atomic E-state index is 11.0. The normalized spacial score (nSPS) is 10.2. The molecule has 0 amide bonds. The monoisotopic (exact) mass is 242 g/mol. The molecule has 0 spiro atoms. The molecule has 0 saturated carbocycles. The molecular formula is C7H7NaO6S. The summed E-state index contributed by atoms with van der Waals surface area (Å²) in [6.45, 7) is 0. The van der Waals surface area contributed by atoms with E-state index >= 15 is 0 Å². The molecule has 0 saturated heterocycles. The summed E-state index contributed by atoms with van der Waals surface area (Å²) < 4.78 is 32.1. The Bertz CT molecular complexity index is 460. The van der Waals surface area contributed by atoms with E-state index in [4.69, 9.17) is 9.66 Å². The SMILES string of the molecule is O=C(OS(=O)(=O)O)c1ccccc1O.[H-].[Na+]. The maximum Gasteiger partial charge on any atom is 1.00 e. The molecule has 6 nitrogen and oxygen atoms in total. The molecule has 15 heavy (non-hydrogen) atoms. The fourth-order valence-electron chi connectivity index (χ4n) is 0.787. The predicted octanol–water partition coefficient (Wildman–Crippen LogP) is -2.53. The Kier molecular flexibility index (Phi) is 5.26. The zero-order valence-electron chi connectivity index (χ0n) is 8.75. The summed E-state index contributed by atoms with van der Waals surface area (Å²) in [6, 6.07) is 5.18. The number of hydrogen-bond acceptors (Lipinski definition) is 5. The molecule has 0 aromatic heterocycles. The first-order valence-corrected chi connectivity index (χ1v) is 4.76. The number of phenolic OH excluding ortho intramolecular Hbond substituents is 1. The zero-order chi connectivity index (χ0) is 10.8. The number of phenols is 1. The fraction of sp³-hybridized carbons (Fsp3) is 0. The first-order valence-electron chi connectivity index (χ1n) is 3.39. The van der Waals surface area contributed by atoms with Gasteiger partial charge in [0.2, 0.25) is 0 Å². The van der Waals surface area contributed by atoms with Crippen molar-refractivity contribution in [1.82, 2.24) is 0 Å². The van der Waals surface area contributed by atoms with Gasteiger partial charge in [0.1, 0.15) is 11.3 Å². The van der Waals surface area contributed by atoms with Crippen molar-refractivity contribution in [3.8, 4) is 5.75 Å². The molecule has 0 fully saturated rings. The van der Waals surface area contributed by atoms with E-state index in [1.165, 1.54) is 18.2 Å². The van der Waals surface area contributed by atoms with Crippen LogP contribution in [0.2, 0.25) is 0 Å². The summed E-state index contributed by atoms with van der Waals surface area (Å²) in [5, 5.41) is 9.10. The summed E-state index contributed by atoms with van der Waals surface area (Å²) >= 11 is 0. The third-order valence-electron chi connectivity index (χ3n) is 1.30. The average molecular weight is 242 g/mol. The number of para-hydroxylation sites is 1. The predicted molar refractivity (Wildman–Crippen MR) is 46.2 cm³/mol. The van der Waals surface area contributed by atoms with Gasteiger partial charge in [-0.15, -0.1) is 0 Å². The van der Waals surface area contributed by atoms with Crippen LogP contribution in [-0.2, 0) is 14.6 Å². The summed E-state index contributed by atoms with van der Waals surface area (Å²) in [5.74, 6) is -1.77. The van der Waals surface area contributed by atoms with Crippen LogP contribution in [-0.4, -0.2) is 24.0 Å². The Morgan fingerprint density at radius 3 is 2.33 bits per heavy atom. The van der Waals surface area contributed by atoms with Crippen molar-refractivity contribution in [2.75, 3.05) is 0 Å². The third kappa shape index (κ3) is 4.63. The van der Waals surface area contributed by atoms with Crippen molar-refractivity contribution in [1.29, 1.82) is 0 Å². The van der Waals surface area contributed by atoms with Crippen molar-refractivity contribution in [3.05, 3.63) is 29.8 Å². The van der Waals surface area contributed by atoms with Crippen LogP contribution < -0.4 is 29.6 Å². The molecule has 0 aliphatic carbocycles. The first-order chi connectivity index (χ1) is 6.40. The first kappa shape index (κ1) is 14.4. The fourth-order valence-corrected chi connectivity index (χ4v) is 1.07. The number of rotatable bonds is 2. The third-order valence-corrected chi connectivity index (χ3v) is 1.67. The molecule has 0 radical (unpaired) electrons. The van der Waals surface area contributed by atoms with Gasteiger partial charge in [-0.3, -0.25) is 4.55 Å². The van der Waals surface area contributed by atoms with Crippen LogP contribution in [0.1, 0.15) is 11.8 Å². The van der Waals surface area contributed by atoms with Crippen LogP contribution >= 0.6 is 0 Å². The van der Waals surface area contributed by atoms with Crippen LogP contribution in [0.5, 0.6) is 5.75 Å². The zero-order valence-corrected chi connectivity index (χ0v) is 10.6. The van der Waals surface area contributed by atoms with Gasteiger partial charge in [-0.1, -0.05) is 12.1 Å². The van der Waals surface area contributed by atoms with Crippen LogP contribution in [0.25, 0.3) is 0 Å². The Morgan fingerprint density at radius 2 is 1.87 bits per heavy atom. The number of carbonyl (C=O) groups excluding carboxylic acids is 1. The minimum Gasteiger partial charge on any atom is -1.00 e. The molecule has 0 unspecified atom stereocenters. The van der Waals surface area contributed by atoms with E-state index in [9.17, 15) is 13.2 Å². The van der Waals surface area contributed by atoms with Crippen molar-refractivity contribution in [2.45, 2.75) is 0 Å². The molecule has 0 aliphatic rings. The maximum absolute atomic E-state index is 11.0. The number of hydrogen-bond donors (Lipinski definition) is 2. The van der Waals surface area contributed by atoms with E-state index in [1.54, 1.807) is 0 Å². The molecule has 1 aromatic rings. The van der Waals surface area contributed by atoms with Crippen LogP contribution in [0, 0.1) is 0 Å². The van der Waals surface area contributed by atoms with Crippen molar-refractivity contribution < 1.29 is 58.0 Å². The van der Waals surface area contributed by atoms with E-state index in [0.717, 1.165) is 6.07 Å². The summed E-state index contributed by atoms with van der Waals surface area (Å²) in [4.78, 5) is 11.0. The standard InChI is InChI=1S/C7H6O6S.Na.H/c8-6-4-2-1-3-5(6)7(9)13-14(10,11)12;;/h1-4,8H,(H,10,11,12);;/q;+1;-1. The number of aromatic hydroxyl groups is 1. The van der Waals surface area contributed by atoms with Gasteiger partial charge < -0.3 is 10.7 Å². The second-order valence-corrected chi connectivity index (χ2v) is 3.34. The summed E-state index contributed by atoms with van der Waals surface area (Å²) in [7, 11) is -4.85. The Morgan fingerprint density at radius 1 is 1.33 bits per heavy atom. The van der Waals surface area contributed by atoms with Gasteiger partial charge in [-0.2, -0.15) is 8.42 Å². The van der Waals surface area contributed by atoms with E-state index < -0.39 is 22.1 Å². The van der Waals surface area contributed by atoms with Gasteiger partial charge in [-0.25, -0.2) is 4.79 Å². The van der Waals surface area contributed by atoms with Gasteiger partial charge in [-0.05, 0) is 12.1 Å². The molecule has 78 valence electrons. The minimum absolute atomic E-state index is 0. The molecule has 8 heteroatoms. The molecule has 2 N–H and O–H groups in total. The molecule has 0 atom stereocenters. The topological polar surface area (TPSA) is 101 Å². The smallest absolute Gasteiger partial charge is 1.00 e. The average Bonchev–Trinajstić information content (AvgIpc) is 2.01. The van der Waals surface area contributed by atoms with Gasteiger partial charge >= 0.3 is 45.9 Å². The molecule has 0 aliphatic heterocycles.